The van der Waals surface area contributed by atoms with Gasteiger partial charge < -0.3 is 9.80 Å². The van der Waals surface area contributed by atoms with Gasteiger partial charge in [-0.3, -0.25) is 10.1 Å². The van der Waals surface area contributed by atoms with Crippen molar-refractivity contribution in [1.82, 2.24) is 4.90 Å². The fraction of sp³-hybridized carbons (Fsp3) is 0.625. The summed E-state index contributed by atoms with van der Waals surface area (Å²) in [6, 6.07) is 5.52. The van der Waals surface area contributed by atoms with Crippen molar-refractivity contribution >= 4 is 11.4 Å². The molecular weight excluding hydrogens is 266 g/mol. The molecule has 1 aliphatic rings. The Hall–Kier alpha value is -1.62. The van der Waals surface area contributed by atoms with Crippen LogP contribution in [0.15, 0.2) is 18.2 Å². The van der Waals surface area contributed by atoms with E-state index in [0.717, 1.165) is 50.3 Å². The maximum atomic E-state index is 11.2. The van der Waals surface area contributed by atoms with Crippen molar-refractivity contribution in [1.29, 1.82) is 0 Å². The van der Waals surface area contributed by atoms with Crippen molar-refractivity contribution in [2.45, 2.75) is 26.7 Å². The lowest BCUT2D eigenvalue weighted by Gasteiger charge is -2.22. The first-order chi connectivity index (χ1) is 10.0. The third-order valence-corrected chi connectivity index (χ3v) is 4.13. The predicted molar refractivity (Wildman–Crippen MR) is 85.9 cm³/mol. The molecule has 5 nitrogen and oxygen atoms in total. The quantitative estimate of drug-likeness (QED) is 0.597. The van der Waals surface area contributed by atoms with E-state index in [9.17, 15) is 10.1 Å². The second-order valence-electron chi connectivity index (χ2n) is 6.11. The summed E-state index contributed by atoms with van der Waals surface area (Å²) in [5, 5.41) is 11.2. The van der Waals surface area contributed by atoms with Crippen molar-refractivity contribution in [3.05, 3.63) is 33.9 Å². The molecule has 0 aliphatic carbocycles. The molecule has 0 aromatic heterocycles. The molecule has 1 saturated heterocycles. The highest BCUT2D eigenvalue weighted by Crippen LogP contribution is 2.33. The van der Waals surface area contributed by atoms with Crippen molar-refractivity contribution in [3.63, 3.8) is 0 Å². The molecule has 1 atom stereocenters. The van der Waals surface area contributed by atoms with Crippen LogP contribution >= 0.6 is 0 Å². The number of hydrogen-bond donors (Lipinski definition) is 0. The lowest BCUT2D eigenvalue weighted by molar-refractivity contribution is -0.384. The lowest BCUT2D eigenvalue weighted by Crippen LogP contribution is -2.29. The third kappa shape index (κ3) is 3.94. The molecule has 5 heteroatoms. The maximum absolute atomic E-state index is 11.2. The normalized spacial score (nSPS) is 18.5. The van der Waals surface area contributed by atoms with Gasteiger partial charge in [-0.2, -0.15) is 0 Å². The number of nitrogens with zero attached hydrogens (tertiary/aromatic N) is 3. The summed E-state index contributed by atoms with van der Waals surface area (Å²) in [5.74, 6) is 0.599. The first-order valence-electron chi connectivity index (χ1n) is 7.69. The number of aryl methyl sites for hydroxylation is 1. The average Bonchev–Trinajstić information content (AvgIpc) is 2.87. The minimum atomic E-state index is -0.265. The maximum Gasteiger partial charge on any atom is 0.292 e. The highest BCUT2D eigenvalue weighted by Gasteiger charge is 2.28. The Bertz CT molecular complexity index is 504. The van der Waals surface area contributed by atoms with Crippen LogP contribution in [-0.4, -0.2) is 43.0 Å². The van der Waals surface area contributed by atoms with Crippen molar-refractivity contribution in [2.75, 3.05) is 38.1 Å². The van der Waals surface area contributed by atoms with Gasteiger partial charge in [-0.25, -0.2) is 0 Å². The van der Waals surface area contributed by atoms with Gasteiger partial charge in [0.1, 0.15) is 5.69 Å². The van der Waals surface area contributed by atoms with Crippen molar-refractivity contribution in [2.24, 2.45) is 5.92 Å². The molecule has 0 saturated carbocycles. The molecule has 1 heterocycles. The molecule has 2 rings (SSSR count). The Balaban J connectivity index is 2.06. The van der Waals surface area contributed by atoms with E-state index in [1.807, 2.05) is 19.1 Å². The van der Waals surface area contributed by atoms with E-state index in [2.05, 4.69) is 23.8 Å². The summed E-state index contributed by atoms with van der Waals surface area (Å²) in [5.41, 5.74) is 1.94. The predicted octanol–water partition coefficient (Wildman–Crippen LogP) is 3.07. The number of rotatable bonds is 6. The SMILES string of the molecule is CCCN(C)CC1CCN(c2ccc(C)cc2[N+](=O)[O-])C1. The van der Waals surface area contributed by atoms with Crippen molar-refractivity contribution < 1.29 is 4.92 Å². The molecule has 21 heavy (non-hydrogen) atoms. The summed E-state index contributed by atoms with van der Waals surface area (Å²) < 4.78 is 0. The summed E-state index contributed by atoms with van der Waals surface area (Å²) in [6.07, 6.45) is 2.27. The molecule has 1 unspecified atom stereocenters. The molecule has 0 radical (unpaired) electrons. The van der Waals surface area contributed by atoms with Crippen LogP contribution in [0.5, 0.6) is 0 Å². The molecule has 1 aliphatic heterocycles. The molecule has 116 valence electrons. The van der Waals surface area contributed by atoms with Gasteiger partial charge in [-0.05, 0) is 50.9 Å². The number of anilines is 1. The van der Waals surface area contributed by atoms with E-state index in [1.165, 1.54) is 0 Å². The van der Waals surface area contributed by atoms with Gasteiger partial charge in [-0.15, -0.1) is 0 Å². The standard InChI is InChI=1S/C16H25N3O2/c1-4-8-17(3)11-14-7-9-18(12-14)15-6-5-13(2)10-16(15)19(20)21/h5-6,10,14H,4,7-9,11-12H2,1-3H3. The molecule has 0 amide bonds. The first kappa shape index (κ1) is 15.8. The average molecular weight is 291 g/mol. The smallest absolute Gasteiger partial charge is 0.292 e. The Morgan fingerprint density at radius 1 is 1.48 bits per heavy atom. The topological polar surface area (TPSA) is 49.6 Å². The molecule has 0 bridgehead atoms. The summed E-state index contributed by atoms with van der Waals surface area (Å²) in [4.78, 5) is 15.5. The second-order valence-corrected chi connectivity index (χ2v) is 6.11. The van der Waals surface area contributed by atoms with Crippen LogP contribution in [-0.2, 0) is 0 Å². The largest absolute Gasteiger partial charge is 0.366 e. The van der Waals surface area contributed by atoms with Crippen LogP contribution in [0.25, 0.3) is 0 Å². The second kappa shape index (κ2) is 6.89. The minimum Gasteiger partial charge on any atom is -0.366 e. The van der Waals surface area contributed by atoms with E-state index in [4.69, 9.17) is 0 Å². The highest BCUT2D eigenvalue weighted by molar-refractivity contribution is 5.64. The van der Waals surface area contributed by atoms with E-state index in [0.29, 0.717) is 5.92 Å². The summed E-state index contributed by atoms with van der Waals surface area (Å²) in [6.45, 7) is 8.09. The zero-order valence-electron chi connectivity index (χ0n) is 13.2. The number of hydrogen-bond acceptors (Lipinski definition) is 4. The molecule has 0 spiro atoms. The number of nitro benzene ring substituents is 1. The third-order valence-electron chi connectivity index (χ3n) is 4.13. The van der Waals surface area contributed by atoms with Gasteiger partial charge in [0, 0.05) is 25.7 Å². The van der Waals surface area contributed by atoms with E-state index < -0.39 is 0 Å². The first-order valence-corrected chi connectivity index (χ1v) is 7.69. The summed E-state index contributed by atoms with van der Waals surface area (Å²) in [7, 11) is 2.15. The zero-order valence-corrected chi connectivity index (χ0v) is 13.2. The van der Waals surface area contributed by atoms with E-state index in [1.54, 1.807) is 6.07 Å². The van der Waals surface area contributed by atoms with Crippen LogP contribution in [0.3, 0.4) is 0 Å². The number of nitro groups is 1. The Kier molecular flexibility index (Phi) is 5.17. The molecule has 1 fully saturated rings. The molecule has 0 N–H and O–H groups in total. The van der Waals surface area contributed by atoms with Crippen LogP contribution < -0.4 is 4.90 Å². The van der Waals surface area contributed by atoms with Crippen LogP contribution in [0, 0.1) is 23.0 Å². The highest BCUT2D eigenvalue weighted by atomic mass is 16.6. The lowest BCUT2D eigenvalue weighted by atomic mass is 10.1. The minimum absolute atomic E-state index is 0.234. The Labute approximate surface area is 126 Å². The molecule has 1 aromatic carbocycles. The number of benzene rings is 1. The monoisotopic (exact) mass is 291 g/mol. The van der Waals surface area contributed by atoms with Crippen LogP contribution in [0.1, 0.15) is 25.3 Å². The van der Waals surface area contributed by atoms with Crippen molar-refractivity contribution in [3.8, 4) is 0 Å². The molecule has 1 aromatic rings. The van der Waals surface area contributed by atoms with E-state index in [-0.39, 0.29) is 10.6 Å². The van der Waals surface area contributed by atoms with Gasteiger partial charge in [-0.1, -0.05) is 13.0 Å². The fourth-order valence-corrected chi connectivity index (χ4v) is 3.16. The van der Waals surface area contributed by atoms with E-state index >= 15 is 0 Å². The zero-order chi connectivity index (χ0) is 15.4. The van der Waals surface area contributed by atoms with Gasteiger partial charge in [0.05, 0.1) is 4.92 Å². The Morgan fingerprint density at radius 2 is 2.24 bits per heavy atom. The van der Waals surface area contributed by atoms with Gasteiger partial charge in [0.2, 0.25) is 0 Å². The fourth-order valence-electron chi connectivity index (χ4n) is 3.16. The summed E-state index contributed by atoms with van der Waals surface area (Å²) >= 11 is 0. The molecular formula is C16H25N3O2. The van der Waals surface area contributed by atoms with Gasteiger partial charge in [0.25, 0.3) is 5.69 Å². The Morgan fingerprint density at radius 3 is 2.90 bits per heavy atom. The van der Waals surface area contributed by atoms with Crippen LogP contribution in [0.2, 0.25) is 0 Å². The van der Waals surface area contributed by atoms with Gasteiger partial charge in [0.15, 0.2) is 0 Å². The van der Waals surface area contributed by atoms with Gasteiger partial charge >= 0.3 is 0 Å². The van der Waals surface area contributed by atoms with Crippen LogP contribution in [0.4, 0.5) is 11.4 Å².